The van der Waals surface area contributed by atoms with Gasteiger partial charge in [-0.05, 0) is 12.1 Å². The third kappa shape index (κ3) is 1.75. The SMILES string of the molecule is COC(=O)c1ccc(N)c(Cl)c1OC. The van der Waals surface area contributed by atoms with E-state index >= 15 is 0 Å². The van der Waals surface area contributed by atoms with Gasteiger partial charge in [-0.2, -0.15) is 0 Å². The predicted octanol–water partition coefficient (Wildman–Crippen LogP) is 1.72. The lowest BCUT2D eigenvalue weighted by Crippen LogP contribution is -2.05. The van der Waals surface area contributed by atoms with Gasteiger partial charge in [0.15, 0.2) is 5.75 Å². The number of nitrogen functional groups attached to an aromatic ring is 1. The van der Waals surface area contributed by atoms with Crippen LogP contribution in [0.25, 0.3) is 0 Å². The van der Waals surface area contributed by atoms with Crippen LogP contribution in [0.4, 0.5) is 5.69 Å². The number of rotatable bonds is 2. The van der Waals surface area contributed by atoms with Crippen molar-refractivity contribution in [1.82, 2.24) is 0 Å². The second-order valence-corrected chi connectivity index (χ2v) is 2.92. The second-order valence-electron chi connectivity index (χ2n) is 2.54. The molecule has 5 heteroatoms. The fourth-order valence-electron chi connectivity index (χ4n) is 1.04. The summed E-state index contributed by atoms with van der Waals surface area (Å²) in [6.07, 6.45) is 0. The molecule has 0 aliphatic rings. The van der Waals surface area contributed by atoms with E-state index < -0.39 is 5.97 Å². The van der Waals surface area contributed by atoms with Crippen LogP contribution >= 0.6 is 11.6 Å². The molecule has 0 radical (unpaired) electrons. The number of ether oxygens (including phenoxy) is 2. The Morgan fingerprint density at radius 3 is 2.57 bits per heavy atom. The lowest BCUT2D eigenvalue weighted by molar-refractivity contribution is 0.0597. The molecule has 14 heavy (non-hydrogen) atoms. The number of nitrogens with two attached hydrogens (primary N) is 1. The van der Waals surface area contributed by atoms with Gasteiger partial charge in [-0.3, -0.25) is 0 Å². The molecule has 1 rings (SSSR count). The van der Waals surface area contributed by atoms with Crippen molar-refractivity contribution in [2.45, 2.75) is 0 Å². The zero-order valence-electron chi connectivity index (χ0n) is 7.83. The fourth-order valence-corrected chi connectivity index (χ4v) is 1.28. The molecule has 4 nitrogen and oxygen atoms in total. The number of halogens is 1. The Labute approximate surface area is 86.6 Å². The van der Waals surface area contributed by atoms with Crippen LogP contribution in [0.15, 0.2) is 12.1 Å². The number of hydrogen-bond acceptors (Lipinski definition) is 4. The summed E-state index contributed by atoms with van der Waals surface area (Å²) >= 11 is 5.84. The summed E-state index contributed by atoms with van der Waals surface area (Å²) in [5, 5.41) is 0.218. The Balaban J connectivity index is 3.31. The van der Waals surface area contributed by atoms with Crippen molar-refractivity contribution in [2.75, 3.05) is 20.0 Å². The summed E-state index contributed by atoms with van der Waals surface area (Å²) in [7, 11) is 2.69. The fraction of sp³-hybridized carbons (Fsp3) is 0.222. The third-order valence-electron chi connectivity index (χ3n) is 1.74. The Kier molecular flexibility index (Phi) is 3.19. The van der Waals surface area contributed by atoms with E-state index in [9.17, 15) is 4.79 Å². The van der Waals surface area contributed by atoms with Gasteiger partial charge >= 0.3 is 5.97 Å². The first-order valence-electron chi connectivity index (χ1n) is 3.82. The summed E-state index contributed by atoms with van der Waals surface area (Å²) in [6, 6.07) is 3.03. The number of carbonyl (C=O) groups is 1. The molecule has 0 amide bonds. The molecular formula is C9H10ClNO3. The summed E-state index contributed by atoms with van der Waals surface area (Å²) in [6.45, 7) is 0. The van der Waals surface area contributed by atoms with E-state index in [4.69, 9.17) is 22.1 Å². The Hall–Kier alpha value is -1.42. The number of hydrogen-bond donors (Lipinski definition) is 1. The maximum atomic E-state index is 11.3. The molecule has 0 bridgehead atoms. The average molecular weight is 216 g/mol. The molecule has 0 aliphatic carbocycles. The number of benzene rings is 1. The lowest BCUT2D eigenvalue weighted by Gasteiger charge is -2.09. The first kappa shape index (κ1) is 10.7. The molecule has 2 N–H and O–H groups in total. The monoisotopic (exact) mass is 215 g/mol. The first-order chi connectivity index (χ1) is 6.61. The highest BCUT2D eigenvalue weighted by atomic mass is 35.5. The van der Waals surface area contributed by atoms with E-state index in [1.54, 1.807) is 0 Å². The van der Waals surface area contributed by atoms with E-state index in [-0.39, 0.29) is 16.3 Å². The maximum absolute atomic E-state index is 11.3. The molecule has 0 fully saturated rings. The Bertz CT molecular complexity index is 365. The second kappa shape index (κ2) is 4.19. The Morgan fingerprint density at radius 2 is 2.07 bits per heavy atom. The van der Waals surface area contributed by atoms with E-state index in [1.807, 2.05) is 0 Å². The summed E-state index contributed by atoms with van der Waals surface area (Å²) in [5.41, 5.74) is 6.16. The van der Waals surface area contributed by atoms with Crippen LogP contribution in [0.2, 0.25) is 5.02 Å². The zero-order valence-corrected chi connectivity index (χ0v) is 8.59. The van der Waals surface area contributed by atoms with Crippen molar-refractivity contribution in [2.24, 2.45) is 0 Å². The highest BCUT2D eigenvalue weighted by molar-refractivity contribution is 6.35. The number of esters is 1. The van der Waals surface area contributed by atoms with E-state index in [2.05, 4.69) is 4.74 Å². The molecule has 0 unspecified atom stereocenters. The van der Waals surface area contributed by atoms with Crippen molar-refractivity contribution < 1.29 is 14.3 Å². The minimum atomic E-state index is -0.510. The molecular weight excluding hydrogens is 206 g/mol. The van der Waals surface area contributed by atoms with Gasteiger partial charge < -0.3 is 15.2 Å². The van der Waals surface area contributed by atoms with Crippen molar-refractivity contribution >= 4 is 23.3 Å². The van der Waals surface area contributed by atoms with Gasteiger partial charge in [0, 0.05) is 0 Å². The van der Waals surface area contributed by atoms with Crippen molar-refractivity contribution in [3.05, 3.63) is 22.7 Å². The van der Waals surface area contributed by atoms with Crippen LogP contribution in [0.1, 0.15) is 10.4 Å². The molecule has 0 spiro atoms. The molecule has 0 saturated heterocycles. The smallest absolute Gasteiger partial charge is 0.341 e. The van der Waals surface area contributed by atoms with Gasteiger partial charge in [-0.15, -0.1) is 0 Å². The molecule has 0 atom stereocenters. The van der Waals surface area contributed by atoms with Gasteiger partial charge in [0.1, 0.15) is 10.6 Å². The van der Waals surface area contributed by atoms with Crippen LogP contribution in [-0.4, -0.2) is 20.2 Å². The average Bonchev–Trinajstić information content (AvgIpc) is 2.20. The van der Waals surface area contributed by atoms with Crippen LogP contribution < -0.4 is 10.5 Å². The highest BCUT2D eigenvalue weighted by Crippen LogP contribution is 2.33. The largest absolute Gasteiger partial charge is 0.494 e. The third-order valence-corrected chi connectivity index (χ3v) is 2.13. The summed E-state index contributed by atoms with van der Waals surface area (Å²) in [4.78, 5) is 11.3. The van der Waals surface area contributed by atoms with Gasteiger partial charge in [-0.25, -0.2) is 4.79 Å². The van der Waals surface area contributed by atoms with Crippen LogP contribution in [0.3, 0.4) is 0 Å². The normalized spacial score (nSPS) is 9.64. The first-order valence-corrected chi connectivity index (χ1v) is 4.20. The van der Waals surface area contributed by atoms with E-state index in [0.717, 1.165) is 0 Å². The molecule has 0 aliphatic heterocycles. The van der Waals surface area contributed by atoms with Crippen molar-refractivity contribution in [3.8, 4) is 5.75 Å². The lowest BCUT2D eigenvalue weighted by atomic mass is 10.2. The molecule has 0 heterocycles. The highest BCUT2D eigenvalue weighted by Gasteiger charge is 2.17. The van der Waals surface area contributed by atoms with E-state index in [0.29, 0.717) is 5.69 Å². The topological polar surface area (TPSA) is 61.5 Å². The Morgan fingerprint density at radius 1 is 1.43 bits per heavy atom. The van der Waals surface area contributed by atoms with Gasteiger partial charge in [0.25, 0.3) is 0 Å². The molecule has 0 saturated carbocycles. The number of anilines is 1. The molecule has 76 valence electrons. The van der Waals surface area contributed by atoms with Gasteiger partial charge in [0.2, 0.25) is 0 Å². The maximum Gasteiger partial charge on any atom is 0.341 e. The molecule has 0 aromatic heterocycles. The minimum absolute atomic E-state index is 0.218. The molecule has 1 aromatic carbocycles. The number of carbonyl (C=O) groups excluding carboxylic acids is 1. The van der Waals surface area contributed by atoms with Crippen LogP contribution in [0.5, 0.6) is 5.75 Å². The van der Waals surface area contributed by atoms with E-state index in [1.165, 1.54) is 26.4 Å². The van der Waals surface area contributed by atoms with Gasteiger partial charge in [-0.1, -0.05) is 11.6 Å². The standard InChI is InChI=1S/C9H10ClNO3/c1-13-8-5(9(12)14-2)3-4-6(11)7(8)10/h3-4H,11H2,1-2H3. The van der Waals surface area contributed by atoms with Crippen LogP contribution in [0, 0.1) is 0 Å². The summed E-state index contributed by atoms with van der Waals surface area (Å²) < 4.78 is 9.52. The zero-order chi connectivity index (χ0) is 10.7. The number of methoxy groups -OCH3 is 2. The van der Waals surface area contributed by atoms with Crippen molar-refractivity contribution in [3.63, 3.8) is 0 Å². The summed E-state index contributed by atoms with van der Waals surface area (Å²) in [5.74, 6) is -0.276. The minimum Gasteiger partial charge on any atom is -0.494 e. The van der Waals surface area contributed by atoms with Gasteiger partial charge in [0.05, 0.1) is 19.9 Å². The molecule has 1 aromatic rings. The predicted molar refractivity (Wildman–Crippen MR) is 53.8 cm³/mol. The van der Waals surface area contributed by atoms with Crippen molar-refractivity contribution in [1.29, 1.82) is 0 Å². The van der Waals surface area contributed by atoms with Crippen LogP contribution in [-0.2, 0) is 4.74 Å². The quantitative estimate of drug-likeness (QED) is 0.603.